The van der Waals surface area contributed by atoms with Gasteiger partial charge in [0.25, 0.3) is 0 Å². The third-order valence-corrected chi connectivity index (χ3v) is 3.51. The molecule has 0 amide bonds. The summed E-state index contributed by atoms with van der Waals surface area (Å²) in [5, 5.41) is 13.3. The summed E-state index contributed by atoms with van der Waals surface area (Å²) in [4.78, 5) is 2.50. The molecule has 0 bridgehead atoms. The van der Waals surface area contributed by atoms with Gasteiger partial charge in [0.05, 0.1) is 6.26 Å². The van der Waals surface area contributed by atoms with Crippen LogP contribution < -0.4 is 5.32 Å². The molecule has 0 aliphatic carbocycles. The second-order valence-electron chi connectivity index (χ2n) is 5.20. The van der Waals surface area contributed by atoms with Crippen molar-refractivity contribution in [1.82, 2.24) is 10.2 Å². The molecule has 0 spiro atoms. The molecule has 0 radical (unpaired) electrons. The molecule has 102 valence electrons. The van der Waals surface area contributed by atoms with Gasteiger partial charge in [-0.1, -0.05) is 6.42 Å². The molecule has 2 rings (SSSR count). The Balaban J connectivity index is 1.66. The van der Waals surface area contributed by atoms with Gasteiger partial charge in [-0.05, 0) is 45.0 Å². The van der Waals surface area contributed by atoms with Gasteiger partial charge in [-0.2, -0.15) is 0 Å². The number of hydrogen-bond donors (Lipinski definition) is 2. The summed E-state index contributed by atoms with van der Waals surface area (Å²) in [5.74, 6) is 0.632. The summed E-state index contributed by atoms with van der Waals surface area (Å²) >= 11 is 0. The largest absolute Gasteiger partial charge is 0.467 e. The Labute approximate surface area is 109 Å². The maximum atomic E-state index is 9.89. The van der Waals surface area contributed by atoms with Crippen molar-refractivity contribution < 1.29 is 9.52 Å². The van der Waals surface area contributed by atoms with E-state index in [4.69, 9.17) is 4.42 Å². The monoisotopic (exact) mass is 252 g/mol. The molecule has 2 atom stereocenters. The molecule has 0 aromatic carbocycles. The number of rotatable bonds is 6. The van der Waals surface area contributed by atoms with Crippen molar-refractivity contribution in [2.75, 3.05) is 26.2 Å². The van der Waals surface area contributed by atoms with Crippen molar-refractivity contribution in [3.63, 3.8) is 0 Å². The normalized spacial score (nSPS) is 20.8. The lowest BCUT2D eigenvalue weighted by molar-refractivity contribution is 0.137. The molecule has 2 N–H and O–H groups in total. The molecule has 4 nitrogen and oxygen atoms in total. The SMILES string of the molecule is CC(CN1CCCCC1)NCC(O)c1ccco1. The van der Waals surface area contributed by atoms with E-state index in [9.17, 15) is 5.11 Å². The fraction of sp³-hybridized carbons (Fsp3) is 0.714. The van der Waals surface area contributed by atoms with Crippen LogP contribution in [0.2, 0.25) is 0 Å². The average Bonchev–Trinajstić information content (AvgIpc) is 2.91. The third-order valence-electron chi connectivity index (χ3n) is 3.51. The van der Waals surface area contributed by atoms with E-state index >= 15 is 0 Å². The minimum absolute atomic E-state index is 0.396. The standard InChI is InChI=1S/C14H24N2O2/c1-12(11-16-7-3-2-4-8-16)15-10-13(17)14-6-5-9-18-14/h5-6,9,12-13,15,17H,2-4,7-8,10-11H2,1H3. The van der Waals surface area contributed by atoms with Crippen LogP contribution in [0.5, 0.6) is 0 Å². The molecule has 2 unspecified atom stereocenters. The van der Waals surface area contributed by atoms with Crippen LogP contribution in [0.4, 0.5) is 0 Å². The summed E-state index contributed by atoms with van der Waals surface area (Å²) in [5.41, 5.74) is 0. The Morgan fingerprint density at radius 2 is 2.17 bits per heavy atom. The smallest absolute Gasteiger partial charge is 0.133 e. The van der Waals surface area contributed by atoms with Crippen molar-refractivity contribution >= 4 is 0 Å². The average molecular weight is 252 g/mol. The molecule has 1 aromatic heterocycles. The lowest BCUT2D eigenvalue weighted by Crippen LogP contribution is -2.42. The van der Waals surface area contributed by atoms with Crippen LogP contribution in [-0.4, -0.2) is 42.2 Å². The molecule has 4 heteroatoms. The van der Waals surface area contributed by atoms with Crippen molar-refractivity contribution in [2.45, 2.75) is 38.3 Å². The zero-order valence-electron chi connectivity index (χ0n) is 11.1. The van der Waals surface area contributed by atoms with Crippen molar-refractivity contribution in [2.24, 2.45) is 0 Å². The summed E-state index contributed by atoms with van der Waals surface area (Å²) in [6.07, 6.45) is 5.05. The van der Waals surface area contributed by atoms with Gasteiger partial charge in [0.15, 0.2) is 0 Å². The van der Waals surface area contributed by atoms with Crippen LogP contribution in [0.15, 0.2) is 22.8 Å². The molecule has 1 aliphatic heterocycles. The lowest BCUT2D eigenvalue weighted by atomic mass is 10.1. The van der Waals surface area contributed by atoms with Gasteiger partial charge in [0.1, 0.15) is 11.9 Å². The van der Waals surface area contributed by atoms with Crippen molar-refractivity contribution in [3.05, 3.63) is 24.2 Å². The van der Waals surface area contributed by atoms with Crippen LogP contribution in [0.25, 0.3) is 0 Å². The predicted octanol–water partition coefficient (Wildman–Crippen LogP) is 1.78. The van der Waals surface area contributed by atoms with Gasteiger partial charge in [0.2, 0.25) is 0 Å². The molecule has 18 heavy (non-hydrogen) atoms. The number of aliphatic hydroxyl groups excluding tert-OH is 1. The van der Waals surface area contributed by atoms with E-state index in [1.807, 2.05) is 6.07 Å². The van der Waals surface area contributed by atoms with E-state index in [0.29, 0.717) is 18.3 Å². The van der Waals surface area contributed by atoms with Crippen molar-refractivity contribution in [1.29, 1.82) is 0 Å². The molecular weight excluding hydrogens is 228 g/mol. The molecule has 0 saturated carbocycles. The predicted molar refractivity (Wildman–Crippen MR) is 71.4 cm³/mol. The summed E-state index contributed by atoms with van der Waals surface area (Å²) in [7, 11) is 0. The van der Waals surface area contributed by atoms with Gasteiger partial charge >= 0.3 is 0 Å². The first-order valence-electron chi connectivity index (χ1n) is 6.93. The van der Waals surface area contributed by atoms with E-state index in [1.54, 1.807) is 12.3 Å². The second kappa shape index (κ2) is 6.92. The highest BCUT2D eigenvalue weighted by atomic mass is 16.4. The molecule has 1 saturated heterocycles. The molecule has 1 fully saturated rings. The van der Waals surface area contributed by atoms with Crippen LogP contribution in [0, 0.1) is 0 Å². The van der Waals surface area contributed by atoms with E-state index in [-0.39, 0.29) is 0 Å². The first kappa shape index (κ1) is 13.6. The fourth-order valence-electron chi connectivity index (χ4n) is 2.49. The number of piperidine rings is 1. The van der Waals surface area contributed by atoms with Gasteiger partial charge < -0.3 is 19.7 Å². The van der Waals surface area contributed by atoms with E-state index < -0.39 is 6.10 Å². The first-order chi connectivity index (χ1) is 8.75. The minimum atomic E-state index is -0.552. The summed E-state index contributed by atoms with van der Waals surface area (Å²) in [6, 6.07) is 4.00. The Morgan fingerprint density at radius 1 is 1.39 bits per heavy atom. The lowest BCUT2D eigenvalue weighted by Gasteiger charge is -2.29. The number of nitrogens with zero attached hydrogens (tertiary/aromatic N) is 1. The number of likely N-dealkylation sites (tertiary alicyclic amines) is 1. The van der Waals surface area contributed by atoms with Crippen LogP contribution in [-0.2, 0) is 0 Å². The number of aliphatic hydroxyl groups is 1. The first-order valence-corrected chi connectivity index (χ1v) is 6.93. The number of furan rings is 1. The topological polar surface area (TPSA) is 48.6 Å². The number of hydrogen-bond acceptors (Lipinski definition) is 4. The van der Waals surface area contributed by atoms with E-state index in [1.165, 1.54) is 32.4 Å². The van der Waals surface area contributed by atoms with E-state index in [0.717, 1.165) is 6.54 Å². The maximum absolute atomic E-state index is 9.89. The van der Waals surface area contributed by atoms with E-state index in [2.05, 4.69) is 17.1 Å². The van der Waals surface area contributed by atoms with Crippen molar-refractivity contribution in [3.8, 4) is 0 Å². The van der Waals surface area contributed by atoms with Crippen LogP contribution >= 0.6 is 0 Å². The Hall–Kier alpha value is -0.840. The molecular formula is C14H24N2O2. The van der Waals surface area contributed by atoms with Gasteiger partial charge in [0, 0.05) is 19.1 Å². The van der Waals surface area contributed by atoms with Gasteiger partial charge in [-0.15, -0.1) is 0 Å². The molecule has 1 aliphatic rings. The van der Waals surface area contributed by atoms with Crippen LogP contribution in [0.1, 0.15) is 38.1 Å². The summed E-state index contributed by atoms with van der Waals surface area (Å²) in [6.45, 7) is 6.20. The summed E-state index contributed by atoms with van der Waals surface area (Å²) < 4.78 is 5.18. The van der Waals surface area contributed by atoms with Gasteiger partial charge in [-0.3, -0.25) is 0 Å². The number of nitrogens with one attached hydrogen (secondary N) is 1. The zero-order valence-corrected chi connectivity index (χ0v) is 11.1. The third kappa shape index (κ3) is 4.12. The minimum Gasteiger partial charge on any atom is -0.467 e. The second-order valence-corrected chi connectivity index (χ2v) is 5.20. The van der Waals surface area contributed by atoms with Crippen LogP contribution in [0.3, 0.4) is 0 Å². The molecule has 1 aromatic rings. The highest BCUT2D eigenvalue weighted by Gasteiger charge is 2.15. The Kier molecular flexibility index (Phi) is 5.23. The Morgan fingerprint density at radius 3 is 2.83 bits per heavy atom. The Bertz CT molecular complexity index is 321. The maximum Gasteiger partial charge on any atom is 0.133 e. The van der Waals surface area contributed by atoms with Gasteiger partial charge in [-0.25, -0.2) is 0 Å². The fourth-order valence-corrected chi connectivity index (χ4v) is 2.49. The zero-order chi connectivity index (χ0) is 12.8. The molecule has 2 heterocycles. The highest BCUT2D eigenvalue weighted by Crippen LogP contribution is 2.12. The highest BCUT2D eigenvalue weighted by molar-refractivity contribution is 5.02. The quantitative estimate of drug-likeness (QED) is 0.810.